The number of carboxylic acid groups (broad SMARTS) is 1. The Labute approximate surface area is 114 Å². The fourth-order valence-electron chi connectivity index (χ4n) is 1.74. The third-order valence-corrected chi connectivity index (χ3v) is 4.27. The van der Waals surface area contributed by atoms with Gasteiger partial charge in [-0.25, -0.2) is 4.79 Å². The summed E-state index contributed by atoms with van der Waals surface area (Å²) in [5.41, 5.74) is 1.32. The number of carbonyl (C=O) groups is 2. The van der Waals surface area contributed by atoms with Crippen LogP contribution in [0.1, 0.15) is 15.9 Å². The molecule has 0 radical (unpaired) electrons. The summed E-state index contributed by atoms with van der Waals surface area (Å²) in [6, 6.07) is 4.27. The number of amides is 1. The lowest BCUT2D eigenvalue weighted by Crippen LogP contribution is -2.41. The van der Waals surface area contributed by atoms with E-state index in [0.717, 1.165) is 5.56 Å². The van der Waals surface area contributed by atoms with Crippen molar-refractivity contribution < 1.29 is 14.7 Å². The van der Waals surface area contributed by atoms with Crippen molar-refractivity contribution >= 4 is 35.2 Å². The van der Waals surface area contributed by atoms with Crippen molar-refractivity contribution in [2.24, 2.45) is 0 Å². The van der Waals surface area contributed by atoms with Crippen LogP contribution in [0.4, 0.5) is 0 Å². The van der Waals surface area contributed by atoms with Gasteiger partial charge in [0, 0.05) is 16.3 Å². The number of aryl methyl sites for hydroxylation is 1. The van der Waals surface area contributed by atoms with Gasteiger partial charge in [-0.2, -0.15) is 0 Å². The minimum atomic E-state index is -0.966. The summed E-state index contributed by atoms with van der Waals surface area (Å²) in [6.07, 6.45) is 0. The maximum Gasteiger partial charge on any atom is 0.327 e. The van der Waals surface area contributed by atoms with Gasteiger partial charge in [0.1, 0.15) is 6.04 Å². The Bertz CT molecular complexity index is 506. The molecule has 1 saturated heterocycles. The molecular weight excluding hydrogens is 274 g/mol. The summed E-state index contributed by atoms with van der Waals surface area (Å²) in [5.74, 6) is -0.414. The van der Waals surface area contributed by atoms with Crippen LogP contribution in [0.15, 0.2) is 18.2 Å². The Morgan fingerprint density at radius 3 is 2.83 bits per heavy atom. The fraction of sp³-hybridized carbons (Fsp3) is 0.333. The third-order valence-electron chi connectivity index (χ3n) is 2.85. The van der Waals surface area contributed by atoms with E-state index in [1.54, 1.807) is 18.2 Å². The SMILES string of the molecule is Cc1ccc(C(=O)N2CSCC2C(=O)O)cc1Cl. The van der Waals surface area contributed by atoms with Gasteiger partial charge in [-0.15, -0.1) is 11.8 Å². The Hall–Kier alpha value is -1.20. The molecule has 1 fully saturated rings. The summed E-state index contributed by atoms with van der Waals surface area (Å²) in [4.78, 5) is 24.6. The zero-order valence-electron chi connectivity index (χ0n) is 9.72. The van der Waals surface area contributed by atoms with Gasteiger partial charge in [-0.05, 0) is 24.6 Å². The highest BCUT2D eigenvalue weighted by Gasteiger charge is 2.35. The second-order valence-corrected chi connectivity index (χ2v) is 5.50. The number of nitrogens with zero attached hydrogens (tertiary/aromatic N) is 1. The highest BCUT2D eigenvalue weighted by Crippen LogP contribution is 2.25. The first-order valence-electron chi connectivity index (χ1n) is 5.38. The number of hydrogen-bond donors (Lipinski definition) is 1. The maximum absolute atomic E-state index is 12.2. The number of hydrogen-bond acceptors (Lipinski definition) is 3. The van der Waals surface area contributed by atoms with Crippen LogP contribution in [0.5, 0.6) is 0 Å². The minimum Gasteiger partial charge on any atom is -0.480 e. The fourth-order valence-corrected chi connectivity index (χ4v) is 3.06. The highest BCUT2D eigenvalue weighted by molar-refractivity contribution is 7.99. The van der Waals surface area contributed by atoms with Crippen molar-refractivity contribution in [1.82, 2.24) is 4.90 Å². The molecule has 1 atom stereocenters. The van der Waals surface area contributed by atoms with E-state index >= 15 is 0 Å². The van der Waals surface area contributed by atoms with Crippen molar-refractivity contribution in [3.8, 4) is 0 Å². The second kappa shape index (κ2) is 5.20. The average Bonchev–Trinajstić information content (AvgIpc) is 2.81. The van der Waals surface area contributed by atoms with E-state index in [9.17, 15) is 9.59 Å². The van der Waals surface area contributed by atoms with Crippen LogP contribution in [0.2, 0.25) is 5.02 Å². The first kappa shape index (κ1) is 13.2. The van der Waals surface area contributed by atoms with Crippen LogP contribution < -0.4 is 0 Å². The van der Waals surface area contributed by atoms with Crippen molar-refractivity contribution in [3.05, 3.63) is 34.3 Å². The topological polar surface area (TPSA) is 57.6 Å². The zero-order chi connectivity index (χ0) is 13.3. The summed E-state index contributed by atoms with van der Waals surface area (Å²) in [7, 11) is 0. The number of benzene rings is 1. The molecule has 18 heavy (non-hydrogen) atoms. The summed E-state index contributed by atoms with van der Waals surface area (Å²) >= 11 is 7.41. The van der Waals surface area contributed by atoms with Crippen LogP contribution in [0.25, 0.3) is 0 Å². The van der Waals surface area contributed by atoms with Crippen LogP contribution in [-0.2, 0) is 4.79 Å². The molecule has 4 nitrogen and oxygen atoms in total. The first-order valence-corrected chi connectivity index (χ1v) is 6.91. The first-order chi connectivity index (χ1) is 8.50. The number of rotatable bonds is 2. The molecule has 1 N–H and O–H groups in total. The number of carboxylic acids is 1. The number of thioether (sulfide) groups is 1. The largest absolute Gasteiger partial charge is 0.480 e. The Balaban J connectivity index is 2.25. The second-order valence-electron chi connectivity index (χ2n) is 4.09. The molecule has 96 valence electrons. The molecule has 6 heteroatoms. The third kappa shape index (κ3) is 2.47. The van der Waals surface area contributed by atoms with E-state index < -0.39 is 12.0 Å². The lowest BCUT2D eigenvalue weighted by Gasteiger charge is -2.20. The molecular formula is C12H12ClNO3S. The normalized spacial score (nSPS) is 19.0. The van der Waals surface area contributed by atoms with Gasteiger partial charge in [-0.1, -0.05) is 17.7 Å². The summed E-state index contributed by atoms with van der Waals surface area (Å²) in [5, 5.41) is 9.56. The highest BCUT2D eigenvalue weighted by atomic mass is 35.5. The van der Waals surface area contributed by atoms with Crippen LogP contribution in [0.3, 0.4) is 0 Å². The van der Waals surface area contributed by atoms with E-state index in [0.29, 0.717) is 22.2 Å². The van der Waals surface area contributed by atoms with Crippen molar-refractivity contribution in [2.45, 2.75) is 13.0 Å². The molecule has 1 aromatic rings. The summed E-state index contributed by atoms with van der Waals surface area (Å²) < 4.78 is 0. The molecule has 0 aliphatic carbocycles. The van der Waals surface area contributed by atoms with Gasteiger partial charge < -0.3 is 10.0 Å². The van der Waals surface area contributed by atoms with Gasteiger partial charge in [0.15, 0.2) is 0 Å². The lowest BCUT2D eigenvalue weighted by molar-refractivity contribution is -0.140. The lowest BCUT2D eigenvalue weighted by atomic mass is 10.1. The number of aliphatic carboxylic acids is 1. The molecule has 1 heterocycles. The molecule has 0 spiro atoms. The molecule has 1 unspecified atom stereocenters. The maximum atomic E-state index is 12.2. The van der Waals surface area contributed by atoms with Crippen molar-refractivity contribution in [2.75, 3.05) is 11.6 Å². The average molecular weight is 286 g/mol. The standard InChI is InChI=1S/C12H12ClNO3S/c1-7-2-3-8(4-9(7)13)11(15)14-6-18-5-10(14)12(16)17/h2-4,10H,5-6H2,1H3,(H,16,17). The predicted molar refractivity (Wildman–Crippen MR) is 71.1 cm³/mol. The molecule has 2 rings (SSSR count). The smallest absolute Gasteiger partial charge is 0.327 e. The minimum absolute atomic E-state index is 0.283. The molecule has 0 saturated carbocycles. The number of carbonyl (C=O) groups excluding carboxylic acids is 1. The molecule has 1 aliphatic rings. The number of halogens is 1. The van der Waals surface area contributed by atoms with Gasteiger partial charge in [-0.3, -0.25) is 4.79 Å². The summed E-state index contributed by atoms with van der Waals surface area (Å²) in [6.45, 7) is 1.85. The van der Waals surface area contributed by atoms with Crippen LogP contribution in [-0.4, -0.2) is 39.6 Å². The van der Waals surface area contributed by atoms with E-state index in [4.69, 9.17) is 16.7 Å². The van der Waals surface area contributed by atoms with Crippen molar-refractivity contribution in [3.63, 3.8) is 0 Å². The van der Waals surface area contributed by atoms with Crippen LogP contribution >= 0.6 is 23.4 Å². The molecule has 0 bridgehead atoms. The van der Waals surface area contributed by atoms with Gasteiger partial charge in [0.25, 0.3) is 5.91 Å². The molecule has 0 aromatic heterocycles. The predicted octanol–water partition coefficient (Wildman–Crippen LogP) is 2.25. The quantitative estimate of drug-likeness (QED) is 0.905. The molecule has 1 amide bonds. The Morgan fingerprint density at radius 1 is 1.50 bits per heavy atom. The Morgan fingerprint density at radius 2 is 2.22 bits per heavy atom. The van der Waals surface area contributed by atoms with E-state index in [1.165, 1.54) is 16.7 Å². The molecule has 1 aromatic carbocycles. The van der Waals surface area contributed by atoms with Gasteiger partial charge >= 0.3 is 5.97 Å². The van der Waals surface area contributed by atoms with Gasteiger partial charge in [0.05, 0.1) is 5.88 Å². The van der Waals surface area contributed by atoms with Crippen molar-refractivity contribution in [1.29, 1.82) is 0 Å². The van der Waals surface area contributed by atoms with Gasteiger partial charge in [0.2, 0.25) is 0 Å². The van der Waals surface area contributed by atoms with E-state index in [1.807, 2.05) is 6.92 Å². The monoisotopic (exact) mass is 285 g/mol. The van der Waals surface area contributed by atoms with Crippen LogP contribution in [0, 0.1) is 6.92 Å². The van der Waals surface area contributed by atoms with E-state index in [-0.39, 0.29) is 5.91 Å². The van der Waals surface area contributed by atoms with E-state index in [2.05, 4.69) is 0 Å². The zero-order valence-corrected chi connectivity index (χ0v) is 11.3. The Kier molecular flexibility index (Phi) is 3.82. The molecule has 1 aliphatic heterocycles.